The second-order valence-electron chi connectivity index (χ2n) is 13.2. The Labute approximate surface area is 293 Å². The van der Waals surface area contributed by atoms with E-state index in [-0.39, 0.29) is 0 Å². The molecule has 0 atom stereocenters. The van der Waals surface area contributed by atoms with Crippen molar-refractivity contribution in [2.75, 3.05) is 0 Å². The minimum Gasteiger partial charge on any atom is -0.456 e. The van der Waals surface area contributed by atoms with Gasteiger partial charge in [0.1, 0.15) is 11.2 Å². The molecule has 8 aromatic carbocycles. The van der Waals surface area contributed by atoms with Crippen LogP contribution in [0.2, 0.25) is 0 Å². The molecular formula is C47H27N3O. The Hall–Kier alpha value is -6.91. The Morgan fingerprint density at radius 3 is 1.82 bits per heavy atom. The highest BCUT2D eigenvalue weighted by atomic mass is 16.3. The summed E-state index contributed by atoms with van der Waals surface area (Å²) >= 11 is 0. The number of rotatable bonds is 4. The van der Waals surface area contributed by atoms with E-state index >= 15 is 0 Å². The maximum Gasteiger partial charge on any atom is 0.164 e. The van der Waals surface area contributed by atoms with Gasteiger partial charge in [0, 0.05) is 27.5 Å². The third-order valence-electron chi connectivity index (χ3n) is 10.2. The van der Waals surface area contributed by atoms with E-state index in [0.29, 0.717) is 17.5 Å². The van der Waals surface area contributed by atoms with Gasteiger partial charge in [-0.05, 0) is 91.3 Å². The van der Waals surface area contributed by atoms with Crippen molar-refractivity contribution >= 4 is 43.5 Å². The summed E-state index contributed by atoms with van der Waals surface area (Å²) in [5.41, 5.74) is 11.7. The van der Waals surface area contributed by atoms with E-state index in [0.717, 1.165) is 49.8 Å². The summed E-state index contributed by atoms with van der Waals surface area (Å²) in [6.45, 7) is 0. The van der Waals surface area contributed by atoms with Crippen LogP contribution in [0.1, 0.15) is 0 Å². The molecule has 236 valence electrons. The second-order valence-corrected chi connectivity index (χ2v) is 13.2. The third-order valence-corrected chi connectivity index (χ3v) is 10.2. The van der Waals surface area contributed by atoms with E-state index < -0.39 is 0 Å². The summed E-state index contributed by atoms with van der Waals surface area (Å²) in [5, 5.41) is 6.90. The molecule has 0 aliphatic heterocycles. The topological polar surface area (TPSA) is 51.8 Å². The maximum absolute atomic E-state index is 6.54. The largest absolute Gasteiger partial charge is 0.456 e. The number of benzene rings is 8. The van der Waals surface area contributed by atoms with Gasteiger partial charge >= 0.3 is 0 Å². The molecule has 10 aromatic rings. The van der Waals surface area contributed by atoms with Gasteiger partial charge in [-0.15, -0.1) is 0 Å². The minimum absolute atomic E-state index is 0.608. The van der Waals surface area contributed by atoms with Crippen molar-refractivity contribution in [2.24, 2.45) is 0 Å². The Balaban J connectivity index is 1.11. The van der Waals surface area contributed by atoms with Crippen molar-refractivity contribution in [1.29, 1.82) is 0 Å². The molecule has 0 N–H and O–H groups in total. The van der Waals surface area contributed by atoms with Crippen molar-refractivity contribution in [3.63, 3.8) is 0 Å². The summed E-state index contributed by atoms with van der Waals surface area (Å²) in [6.07, 6.45) is 0. The van der Waals surface area contributed by atoms with Crippen molar-refractivity contribution in [1.82, 2.24) is 15.0 Å². The zero-order valence-electron chi connectivity index (χ0n) is 27.3. The lowest BCUT2D eigenvalue weighted by Gasteiger charge is -2.11. The summed E-state index contributed by atoms with van der Waals surface area (Å²) in [6, 6.07) is 57.4. The van der Waals surface area contributed by atoms with E-state index in [1.807, 2.05) is 42.5 Å². The van der Waals surface area contributed by atoms with Crippen molar-refractivity contribution in [3.05, 3.63) is 164 Å². The fourth-order valence-electron chi connectivity index (χ4n) is 7.85. The standard InChI is InChI=1S/C47H27N3O/c1-2-11-29(12-3-1)45-48-46(34-25-33-14-8-17-37-35-15-6-7-16-36(35)40(26-34)43(33)37)50-47(49-45)39-18-9-19-41-44(39)38-23-22-32(27-42(38)51-41)31-21-20-28-10-4-5-13-30(28)24-31/h1-27H. The fourth-order valence-corrected chi connectivity index (χ4v) is 7.85. The van der Waals surface area contributed by atoms with Gasteiger partial charge in [-0.3, -0.25) is 0 Å². The van der Waals surface area contributed by atoms with Gasteiger partial charge in [0.15, 0.2) is 17.5 Å². The molecule has 0 bridgehead atoms. The highest BCUT2D eigenvalue weighted by molar-refractivity contribution is 6.16. The van der Waals surface area contributed by atoms with Crippen LogP contribution in [0.25, 0.3) is 111 Å². The normalized spacial score (nSPS) is 11.9. The smallest absolute Gasteiger partial charge is 0.164 e. The first kappa shape index (κ1) is 28.0. The number of hydrogen-bond donors (Lipinski definition) is 0. The molecule has 0 unspecified atom stereocenters. The molecule has 0 saturated heterocycles. The van der Waals surface area contributed by atoms with E-state index in [9.17, 15) is 0 Å². The van der Waals surface area contributed by atoms with Gasteiger partial charge in [-0.1, -0.05) is 127 Å². The number of hydrogen-bond acceptors (Lipinski definition) is 4. The van der Waals surface area contributed by atoms with E-state index in [4.69, 9.17) is 19.4 Å². The van der Waals surface area contributed by atoms with E-state index in [1.54, 1.807) is 0 Å². The van der Waals surface area contributed by atoms with Crippen LogP contribution in [0.15, 0.2) is 168 Å². The molecular weight excluding hydrogens is 623 g/mol. The maximum atomic E-state index is 6.54. The summed E-state index contributed by atoms with van der Waals surface area (Å²) in [7, 11) is 0. The SMILES string of the molecule is c1ccc(-c2nc(-c3cc4c5c(cccc5c3)-c3ccccc3-4)nc(-c3cccc4oc5cc(-c6ccc7ccccc7c6)ccc5c34)n2)cc1. The first-order valence-corrected chi connectivity index (χ1v) is 17.2. The zero-order chi connectivity index (χ0) is 33.5. The van der Waals surface area contributed by atoms with Crippen molar-refractivity contribution in [3.8, 4) is 67.5 Å². The van der Waals surface area contributed by atoms with Crippen LogP contribution < -0.4 is 0 Å². The molecule has 1 aliphatic carbocycles. The first-order chi connectivity index (χ1) is 25.2. The van der Waals surface area contributed by atoms with Crippen LogP contribution in [0.4, 0.5) is 0 Å². The van der Waals surface area contributed by atoms with Gasteiger partial charge < -0.3 is 4.42 Å². The molecule has 1 aliphatic rings. The molecule has 2 heterocycles. The number of furan rings is 1. The van der Waals surface area contributed by atoms with Gasteiger partial charge in [0.05, 0.1) is 0 Å². The monoisotopic (exact) mass is 649 g/mol. The summed E-state index contributed by atoms with van der Waals surface area (Å²) < 4.78 is 6.54. The van der Waals surface area contributed by atoms with Crippen molar-refractivity contribution in [2.45, 2.75) is 0 Å². The fraction of sp³-hybridized carbons (Fsp3) is 0. The molecule has 0 radical (unpaired) electrons. The Kier molecular flexibility index (Phi) is 5.92. The van der Waals surface area contributed by atoms with Gasteiger partial charge in [0.25, 0.3) is 0 Å². The molecule has 0 saturated carbocycles. The molecule has 4 heteroatoms. The molecule has 0 spiro atoms. The molecule has 0 fully saturated rings. The number of nitrogens with zero attached hydrogens (tertiary/aromatic N) is 3. The molecule has 4 nitrogen and oxygen atoms in total. The highest BCUT2D eigenvalue weighted by Crippen LogP contribution is 2.48. The van der Waals surface area contributed by atoms with Gasteiger partial charge in [-0.25, -0.2) is 15.0 Å². The average molecular weight is 650 g/mol. The van der Waals surface area contributed by atoms with E-state index in [1.165, 1.54) is 43.8 Å². The quantitative estimate of drug-likeness (QED) is 0.190. The minimum atomic E-state index is 0.608. The second kappa shape index (κ2) is 10.8. The number of fused-ring (bicyclic) bond motifs is 7. The van der Waals surface area contributed by atoms with Gasteiger partial charge in [-0.2, -0.15) is 0 Å². The third kappa shape index (κ3) is 4.37. The van der Waals surface area contributed by atoms with Crippen LogP contribution in [-0.2, 0) is 0 Å². The Morgan fingerprint density at radius 1 is 0.314 bits per heavy atom. The average Bonchev–Trinajstić information content (AvgIpc) is 3.74. The zero-order valence-corrected chi connectivity index (χ0v) is 27.3. The highest BCUT2D eigenvalue weighted by Gasteiger charge is 2.23. The molecule has 11 rings (SSSR count). The molecule has 0 amide bonds. The molecule has 2 aromatic heterocycles. The lowest BCUT2D eigenvalue weighted by Crippen LogP contribution is -2.00. The van der Waals surface area contributed by atoms with E-state index in [2.05, 4.69) is 121 Å². The predicted molar refractivity (Wildman–Crippen MR) is 208 cm³/mol. The van der Waals surface area contributed by atoms with Crippen LogP contribution in [0, 0.1) is 0 Å². The summed E-state index contributed by atoms with van der Waals surface area (Å²) in [5.74, 6) is 1.87. The van der Waals surface area contributed by atoms with Crippen LogP contribution in [0.3, 0.4) is 0 Å². The van der Waals surface area contributed by atoms with Crippen LogP contribution in [-0.4, -0.2) is 15.0 Å². The lowest BCUT2D eigenvalue weighted by atomic mass is 9.99. The summed E-state index contributed by atoms with van der Waals surface area (Å²) in [4.78, 5) is 15.4. The Bertz CT molecular complexity index is 3030. The van der Waals surface area contributed by atoms with Crippen molar-refractivity contribution < 1.29 is 4.42 Å². The van der Waals surface area contributed by atoms with Crippen LogP contribution in [0.5, 0.6) is 0 Å². The Morgan fingerprint density at radius 2 is 0.941 bits per heavy atom. The molecule has 51 heavy (non-hydrogen) atoms. The van der Waals surface area contributed by atoms with Crippen LogP contribution >= 0.6 is 0 Å². The predicted octanol–water partition coefficient (Wildman–Crippen LogP) is 12.4. The number of aromatic nitrogens is 3. The first-order valence-electron chi connectivity index (χ1n) is 17.2. The van der Waals surface area contributed by atoms with Gasteiger partial charge in [0.2, 0.25) is 0 Å². The lowest BCUT2D eigenvalue weighted by molar-refractivity contribution is 0.669.